The van der Waals surface area contributed by atoms with Gasteiger partial charge in [-0.05, 0) is 49.9 Å². The summed E-state index contributed by atoms with van der Waals surface area (Å²) in [7, 11) is 0. The summed E-state index contributed by atoms with van der Waals surface area (Å²) in [6, 6.07) is 15.3. The van der Waals surface area contributed by atoms with Crippen molar-refractivity contribution in [2.75, 3.05) is 11.9 Å². The van der Waals surface area contributed by atoms with Crippen molar-refractivity contribution in [2.24, 2.45) is 5.92 Å². The van der Waals surface area contributed by atoms with Crippen LogP contribution in [0.2, 0.25) is 0 Å². The third-order valence-corrected chi connectivity index (χ3v) is 11.5. The van der Waals surface area contributed by atoms with E-state index < -0.39 is 35.5 Å². The summed E-state index contributed by atoms with van der Waals surface area (Å²) in [5.74, 6) is -0.751. The molecule has 0 bridgehead atoms. The van der Waals surface area contributed by atoms with Crippen molar-refractivity contribution < 1.29 is 24.0 Å². The Hall–Kier alpha value is -4.49. The molecule has 3 amide bonds. The molecule has 13 heteroatoms. The predicted octanol–water partition coefficient (Wildman–Crippen LogP) is 6.38. The van der Waals surface area contributed by atoms with Gasteiger partial charge in [-0.15, -0.1) is 11.3 Å². The Morgan fingerprint density at radius 2 is 1.84 bits per heavy atom. The van der Waals surface area contributed by atoms with E-state index in [-0.39, 0.29) is 30.2 Å². The monoisotopic (exact) mass is 728 g/mol. The number of fused-ring (bicyclic) bond motifs is 3. The maximum absolute atomic E-state index is 14.6. The minimum absolute atomic E-state index is 0.131. The van der Waals surface area contributed by atoms with Crippen molar-refractivity contribution in [3.8, 4) is 10.9 Å². The number of hydrogen-bond acceptors (Lipinski definition) is 10. The number of nitrogens with zero attached hydrogens (tertiary/aromatic N) is 3. The van der Waals surface area contributed by atoms with Gasteiger partial charge in [0.2, 0.25) is 11.8 Å². The van der Waals surface area contributed by atoms with Crippen LogP contribution in [-0.2, 0) is 19.8 Å². The first-order chi connectivity index (χ1) is 24.6. The van der Waals surface area contributed by atoms with E-state index >= 15 is 0 Å². The van der Waals surface area contributed by atoms with Crippen LogP contribution in [-0.4, -0.2) is 62.9 Å². The second-order valence-corrected chi connectivity index (χ2v) is 16.4. The molecule has 2 aromatic carbocycles. The van der Waals surface area contributed by atoms with Gasteiger partial charge in [-0.25, -0.2) is 9.97 Å². The lowest BCUT2D eigenvalue weighted by Gasteiger charge is -2.29. The van der Waals surface area contributed by atoms with Crippen molar-refractivity contribution in [2.45, 2.75) is 94.9 Å². The third kappa shape index (κ3) is 7.89. The maximum atomic E-state index is 14.6. The molecule has 2 aromatic heterocycles. The highest BCUT2D eigenvalue weighted by Gasteiger charge is 2.61. The number of aromatic nitrogens is 2. The van der Waals surface area contributed by atoms with Crippen molar-refractivity contribution in [1.29, 1.82) is 0 Å². The molecule has 7 rings (SSSR count). The van der Waals surface area contributed by atoms with E-state index in [4.69, 9.17) is 14.6 Å². The molecule has 2 fully saturated rings. The minimum Gasteiger partial charge on any atom is -0.465 e. The Labute approximate surface area is 305 Å². The first kappa shape index (κ1) is 34.9. The second kappa shape index (κ2) is 14.6. The number of nitrogens with one attached hydrogen (secondary N) is 3. The highest BCUT2D eigenvalue weighted by Crippen LogP contribution is 2.45. The fourth-order valence-corrected chi connectivity index (χ4v) is 8.60. The van der Waals surface area contributed by atoms with Gasteiger partial charge in [-0.2, -0.15) is 5.48 Å². The van der Waals surface area contributed by atoms with E-state index in [1.807, 2.05) is 53.9 Å². The number of benzene rings is 2. The molecule has 1 saturated carbocycles. The number of carbonyl (C=O) groups excluding carboxylic acids is 3. The van der Waals surface area contributed by atoms with Gasteiger partial charge < -0.3 is 25.1 Å². The molecule has 268 valence electrons. The van der Waals surface area contributed by atoms with Gasteiger partial charge in [0.25, 0.3) is 11.1 Å². The van der Waals surface area contributed by atoms with Gasteiger partial charge in [0, 0.05) is 23.1 Å². The number of thiazole rings is 2. The third-order valence-electron chi connectivity index (χ3n) is 9.76. The summed E-state index contributed by atoms with van der Waals surface area (Å²) in [4.78, 5) is 59.4. The minimum atomic E-state index is -1.20. The summed E-state index contributed by atoms with van der Waals surface area (Å²) in [5, 5.41) is 9.71. The van der Waals surface area contributed by atoms with Crippen molar-refractivity contribution in [3.05, 3.63) is 77.8 Å². The van der Waals surface area contributed by atoms with Gasteiger partial charge in [0.05, 0.1) is 22.5 Å². The Kier molecular flexibility index (Phi) is 10.0. The molecular weight excluding hydrogens is 685 g/mol. The number of allylic oxidation sites excluding steroid dienone is 1. The summed E-state index contributed by atoms with van der Waals surface area (Å²) in [6.07, 6.45) is 8.48. The molecule has 4 aromatic rings. The van der Waals surface area contributed by atoms with Crippen LogP contribution in [0.4, 0.5) is 5.13 Å². The maximum Gasteiger partial charge on any atom is 0.278 e. The van der Waals surface area contributed by atoms with Crippen LogP contribution >= 0.6 is 22.7 Å². The molecule has 2 aliphatic heterocycles. The molecule has 1 aliphatic carbocycles. The van der Waals surface area contributed by atoms with Crippen LogP contribution in [0, 0.1) is 5.92 Å². The number of hydrogen-bond donors (Lipinski definition) is 3. The Morgan fingerprint density at radius 3 is 2.63 bits per heavy atom. The van der Waals surface area contributed by atoms with E-state index in [9.17, 15) is 14.4 Å². The van der Waals surface area contributed by atoms with Crippen LogP contribution < -0.4 is 25.7 Å². The summed E-state index contributed by atoms with van der Waals surface area (Å²) in [5.41, 5.74) is 3.02. The molecule has 3 N–H and O–H groups in total. The average molecular weight is 729 g/mol. The largest absolute Gasteiger partial charge is 0.465 e. The number of hydroxylamine groups is 1. The molecule has 51 heavy (non-hydrogen) atoms. The van der Waals surface area contributed by atoms with Crippen molar-refractivity contribution in [1.82, 2.24) is 25.7 Å². The lowest BCUT2D eigenvalue weighted by atomic mass is 9.93. The van der Waals surface area contributed by atoms with Crippen molar-refractivity contribution >= 4 is 55.7 Å². The molecular formula is C38H44N6O5S2. The van der Waals surface area contributed by atoms with E-state index in [1.165, 1.54) is 22.7 Å². The summed E-state index contributed by atoms with van der Waals surface area (Å²) in [6.45, 7) is 6.54. The zero-order valence-corrected chi connectivity index (χ0v) is 30.7. The number of rotatable bonds is 7. The smallest absolute Gasteiger partial charge is 0.278 e. The molecule has 5 atom stereocenters. The molecule has 11 nitrogen and oxygen atoms in total. The number of para-hydroxylation sites is 2. The standard InChI is InChI=1S/C38H44N6O5S2/c1-37(2,3)31-23-50-35(41-31)39-28-18-11-6-4-5-8-14-24-21-38(24,34(47)43-49-25-15-9-7-10-16-25)42-32(45)29-20-26(22-44(29)33(28)46)48-36-40-27-17-12-13-19-30(27)51-36/h7-10,12-17,19,23-24,26,28-29H,4-6,11,18,20-22H2,1-3H3,(H,39,41)(H,42,45)(H,43,47)/t24-,26-,28+,29+,38-/m1/s1. The quantitative estimate of drug-likeness (QED) is 0.147. The highest BCUT2D eigenvalue weighted by atomic mass is 32.1. The Morgan fingerprint density at radius 1 is 1.04 bits per heavy atom. The molecule has 3 aliphatic rings. The summed E-state index contributed by atoms with van der Waals surface area (Å²) < 4.78 is 7.38. The average Bonchev–Trinajstić information content (AvgIpc) is 3.49. The van der Waals surface area contributed by atoms with E-state index in [1.54, 1.807) is 17.0 Å². The molecule has 1 saturated heterocycles. The Bertz CT molecular complexity index is 1870. The first-order valence-electron chi connectivity index (χ1n) is 17.7. The number of amides is 3. The second-order valence-electron chi connectivity index (χ2n) is 14.6. The summed E-state index contributed by atoms with van der Waals surface area (Å²) >= 11 is 2.92. The van der Waals surface area contributed by atoms with Crippen LogP contribution in [0.25, 0.3) is 10.2 Å². The predicted molar refractivity (Wildman–Crippen MR) is 199 cm³/mol. The zero-order valence-electron chi connectivity index (χ0n) is 29.1. The van der Waals surface area contributed by atoms with E-state index in [0.29, 0.717) is 28.9 Å². The number of ether oxygens (including phenoxy) is 1. The van der Waals surface area contributed by atoms with Crippen LogP contribution in [0.3, 0.4) is 0 Å². The number of carbonyl (C=O) groups is 3. The van der Waals surface area contributed by atoms with Gasteiger partial charge in [-0.1, -0.05) is 87.4 Å². The molecule has 4 heterocycles. The lowest BCUT2D eigenvalue weighted by Crippen LogP contribution is -2.57. The van der Waals surface area contributed by atoms with Gasteiger partial charge >= 0.3 is 0 Å². The zero-order chi connectivity index (χ0) is 35.6. The van der Waals surface area contributed by atoms with Crippen molar-refractivity contribution in [3.63, 3.8) is 0 Å². The van der Waals surface area contributed by atoms with Crippen LogP contribution in [0.5, 0.6) is 10.9 Å². The molecule has 0 spiro atoms. The SMILES string of the molecule is CC(C)(C)c1csc(N[C@H]2CCCCCC=C[C@@H]3C[C@@]3(C(=O)NOc3ccccc3)NC(=O)[C@@H]3C[C@@H](Oc4nc5ccccc5s4)CN3C2=O)n1. The fraction of sp³-hybridized carbons (Fsp3) is 0.447. The number of anilines is 1. The lowest BCUT2D eigenvalue weighted by molar-refractivity contribution is -0.141. The van der Waals surface area contributed by atoms with Crippen LogP contribution in [0.15, 0.2) is 72.1 Å². The normalized spacial score (nSPS) is 25.6. The van der Waals surface area contributed by atoms with E-state index in [0.717, 1.165) is 41.6 Å². The van der Waals surface area contributed by atoms with Crippen LogP contribution in [0.1, 0.15) is 71.4 Å². The fourth-order valence-electron chi connectivity index (χ4n) is 6.73. The Balaban J connectivity index is 1.16. The van der Waals surface area contributed by atoms with E-state index in [2.05, 4.69) is 47.9 Å². The molecule has 0 radical (unpaired) electrons. The first-order valence-corrected chi connectivity index (χ1v) is 19.3. The van der Waals surface area contributed by atoms with Gasteiger partial charge in [0.15, 0.2) is 10.9 Å². The van der Waals surface area contributed by atoms with Gasteiger partial charge in [-0.3, -0.25) is 14.4 Å². The highest BCUT2D eigenvalue weighted by molar-refractivity contribution is 7.20. The molecule has 0 unspecified atom stereocenters. The van der Waals surface area contributed by atoms with Gasteiger partial charge in [0.1, 0.15) is 23.7 Å². The topological polar surface area (TPSA) is 135 Å².